The van der Waals surface area contributed by atoms with Crippen molar-refractivity contribution in [1.29, 1.82) is 0 Å². The summed E-state index contributed by atoms with van der Waals surface area (Å²) < 4.78 is 0. The van der Waals surface area contributed by atoms with Crippen LogP contribution in [-0.2, 0) is 5.41 Å². The summed E-state index contributed by atoms with van der Waals surface area (Å²) in [5.74, 6) is 0. The Morgan fingerprint density at radius 2 is 1.10 bits per heavy atom. The van der Waals surface area contributed by atoms with E-state index in [2.05, 4.69) is 193 Å². The van der Waals surface area contributed by atoms with Gasteiger partial charge in [0.1, 0.15) is 0 Å². The second kappa shape index (κ2) is 11.6. The Labute approximate surface area is 286 Å². The van der Waals surface area contributed by atoms with Crippen molar-refractivity contribution >= 4 is 50.4 Å². The van der Waals surface area contributed by atoms with E-state index in [4.69, 9.17) is 0 Å². The van der Waals surface area contributed by atoms with Gasteiger partial charge in [0.05, 0.1) is 11.1 Å². The van der Waals surface area contributed by atoms with Gasteiger partial charge >= 0.3 is 0 Å². The van der Waals surface area contributed by atoms with Gasteiger partial charge in [-0.3, -0.25) is 0 Å². The molecule has 1 unspecified atom stereocenters. The number of hydrogen-bond acceptors (Lipinski definition) is 2. The third-order valence-corrected chi connectivity index (χ3v) is 10.8. The van der Waals surface area contributed by atoms with Crippen LogP contribution in [0.3, 0.4) is 0 Å². The molecule has 8 aromatic carbocycles. The van der Waals surface area contributed by atoms with Gasteiger partial charge in [-0.1, -0.05) is 152 Å². The van der Waals surface area contributed by atoms with E-state index in [1.807, 2.05) is 11.8 Å². The molecule has 9 rings (SSSR count). The fourth-order valence-corrected chi connectivity index (χ4v) is 8.83. The number of thioether (sulfide) groups is 1. The quantitative estimate of drug-likeness (QED) is 0.168. The third-order valence-electron chi connectivity index (χ3n) is 9.99. The Morgan fingerprint density at radius 3 is 1.92 bits per heavy atom. The molecule has 0 aliphatic heterocycles. The van der Waals surface area contributed by atoms with E-state index < -0.39 is 5.41 Å². The van der Waals surface area contributed by atoms with Crippen LogP contribution in [0.5, 0.6) is 0 Å². The van der Waals surface area contributed by atoms with Crippen molar-refractivity contribution in [2.24, 2.45) is 0 Å². The third kappa shape index (κ3) is 4.26. The van der Waals surface area contributed by atoms with E-state index in [1.165, 1.54) is 65.5 Å². The molecule has 1 atom stereocenters. The maximum Gasteiger partial charge on any atom is 0.0725 e. The Kier molecular flexibility index (Phi) is 6.92. The summed E-state index contributed by atoms with van der Waals surface area (Å²) in [6.45, 7) is 0. The van der Waals surface area contributed by atoms with E-state index in [1.54, 1.807) is 0 Å². The molecule has 0 N–H and O–H groups in total. The first-order valence-corrected chi connectivity index (χ1v) is 17.7. The molecule has 0 amide bonds. The predicted octanol–water partition coefficient (Wildman–Crippen LogP) is 12.5. The van der Waals surface area contributed by atoms with Crippen LogP contribution in [0.15, 0.2) is 187 Å². The standard InChI is InChI=1S/C46H33NS/c1-48-45-42(25-14-26-43(45)47(36-20-6-3-7-21-36)37-29-27-32-15-8-9-17-34(32)31-37)46(35-18-4-2-5-19-35)40-24-13-12-23-39(40)44-38-22-11-10-16-33(38)28-30-41(44)46/h2-31H,1H3. The lowest BCUT2D eigenvalue weighted by Gasteiger charge is -2.37. The van der Waals surface area contributed by atoms with Gasteiger partial charge in [0.25, 0.3) is 0 Å². The van der Waals surface area contributed by atoms with Crippen molar-refractivity contribution in [2.75, 3.05) is 11.2 Å². The van der Waals surface area contributed by atoms with Gasteiger partial charge in [-0.15, -0.1) is 11.8 Å². The SMILES string of the molecule is CSc1c(N(c2ccccc2)c2ccc3ccccc3c2)cccc1C1(c2ccccc2)c2ccccc2-c2c1ccc1ccccc21. The summed E-state index contributed by atoms with van der Waals surface area (Å²) in [6.07, 6.45) is 2.23. The van der Waals surface area contributed by atoms with E-state index in [0.717, 1.165) is 11.4 Å². The number of para-hydroxylation sites is 1. The molecule has 0 bridgehead atoms. The van der Waals surface area contributed by atoms with Crippen LogP contribution in [0.2, 0.25) is 0 Å². The number of fused-ring (bicyclic) bond motifs is 6. The van der Waals surface area contributed by atoms with Gasteiger partial charge in [-0.2, -0.15) is 0 Å². The van der Waals surface area contributed by atoms with Gasteiger partial charge in [-0.05, 0) is 91.5 Å². The zero-order valence-electron chi connectivity index (χ0n) is 26.7. The molecule has 1 aliphatic carbocycles. The number of anilines is 3. The lowest BCUT2D eigenvalue weighted by molar-refractivity contribution is 0.750. The Morgan fingerprint density at radius 1 is 0.458 bits per heavy atom. The van der Waals surface area contributed by atoms with E-state index in [-0.39, 0.29) is 0 Å². The van der Waals surface area contributed by atoms with Crippen molar-refractivity contribution in [3.63, 3.8) is 0 Å². The second-order valence-corrected chi connectivity index (χ2v) is 13.2. The molecular weight excluding hydrogens is 599 g/mol. The van der Waals surface area contributed by atoms with Crippen LogP contribution in [0.1, 0.15) is 22.3 Å². The lowest BCUT2D eigenvalue weighted by Crippen LogP contribution is -2.30. The second-order valence-electron chi connectivity index (χ2n) is 12.4. The van der Waals surface area contributed by atoms with Crippen LogP contribution in [-0.4, -0.2) is 6.26 Å². The first-order valence-electron chi connectivity index (χ1n) is 16.5. The van der Waals surface area contributed by atoms with Crippen molar-refractivity contribution < 1.29 is 0 Å². The van der Waals surface area contributed by atoms with Crippen LogP contribution < -0.4 is 4.90 Å². The molecule has 2 heteroatoms. The van der Waals surface area contributed by atoms with E-state index in [0.29, 0.717) is 0 Å². The first kappa shape index (κ1) is 28.6. The Bertz CT molecular complexity index is 2450. The summed E-state index contributed by atoms with van der Waals surface area (Å²) in [5, 5.41) is 5.02. The summed E-state index contributed by atoms with van der Waals surface area (Å²) in [6, 6.07) is 66.9. The maximum atomic E-state index is 2.43. The number of rotatable bonds is 6. The minimum absolute atomic E-state index is 0.517. The molecule has 0 aromatic heterocycles. The summed E-state index contributed by atoms with van der Waals surface area (Å²) >= 11 is 1.83. The summed E-state index contributed by atoms with van der Waals surface area (Å²) in [5.41, 5.74) is 10.8. The van der Waals surface area contributed by atoms with Gasteiger partial charge < -0.3 is 4.90 Å². The highest BCUT2D eigenvalue weighted by Crippen LogP contribution is 2.60. The molecule has 0 radical (unpaired) electrons. The average Bonchev–Trinajstić information content (AvgIpc) is 3.47. The Balaban J connectivity index is 1.39. The van der Waals surface area contributed by atoms with Crippen LogP contribution in [0, 0.1) is 0 Å². The largest absolute Gasteiger partial charge is 0.309 e. The zero-order valence-corrected chi connectivity index (χ0v) is 27.5. The highest BCUT2D eigenvalue weighted by atomic mass is 32.2. The minimum atomic E-state index is -0.517. The van der Waals surface area contributed by atoms with E-state index in [9.17, 15) is 0 Å². The summed E-state index contributed by atoms with van der Waals surface area (Å²) in [7, 11) is 0. The van der Waals surface area contributed by atoms with Crippen molar-refractivity contribution in [3.8, 4) is 11.1 Å². The fourth-order valence-electron chi connectivity index (χ4n) is 8.02. The van der Waals surface area contributed by atoms with Crippen molar-refractivity contribution in [1.82, 2.24) is 0 Å². The monoisotopic (exact) mass is 631 g/mol. The van der Waals surface area contributed by atoms with Gasteiger partial charge in [0, 0.05) is 16.3 Å². The lowest BCUT2D eigenvalue weighted by atomic mass is 9.67. The topological polar surface area (TPSA) is 3.24 Å². The molecular formula is C46H33NS. The normalized spacial score (nSPS) is 14.9. The molecule has 0 heterocycles. The van der Waals surface area contributed by atoms with Gasteiger partial charge in [-0.25, -0.2) is 0 Å². The molecule has 0 saturated heterocycles. The molecule has 228 valence electrons. The highest BCUT2D eigenvalue weighted by molar-refractivity contribution is 7.98. The van der Waals surface area contributed by atoms with Crippen LogP contribution in [0.25, 0.3) is 32.7 Å². The molecule has 0 saturated carbocycles. The summed E-state index contributed by atoms with van der Waals surface area (Å²) in [4.78, 5) is 3.69. The molecule has 1 aliphatic rings. The molecule has 0 fully saturated rings. The predicted molar refractivity (Wildman–Crippen MR) is 205 cm³/mol. The molecule has 8 aromatic rings. The zero-order chi connectivity index (χ0) is 32.1. The smallest absolute Gasteiger partial charge is 0.0725 e. The van der Waals surface area contributed by atoms with Crippen LogP contribution in [0.4, 0.5) is 17.1 Å². The number of benzene rings is 8. The minimum Gasteiger partial charge on any atom is -0.309 e. The average molecular weight is 632 g/mol. The van der Waals surface area contributed by atoms with Crippen molar-refractivity contribution in [2.45, 2.75) is 10.3 Å². The van der Waals surface area contributed by atoms with Gasteiger partial charge in [0.2, 0.25) is 0 Å². The van der Waals surface area contributed by atoms with E-state index >= 15 is 0 Å². The van der Waals surface area contributed by atoms with Crippen LogP contribution >= 0.6 is 11.8 Å². The highest BCUT2D eigenvalue weighted by Gasteiger charge is 2.48. The fraction of sp³-hybridized carbons (Fsp3) is 0.0435. The molecule has 48 heavy (non-hydrogen) atoms. The first-order chi connectivity index (χ1) is 23.8. The van der Waals surface area contributed by atoms with Crippen molar-refractivity contribution in [3.05, 3.63) is 204 Å². The number of nitrogens with zero attached hydrogens (tertiary/aromatic N) is 1. The Hall–Kier alpha value is -5.57. The molecule has 0 spiro atoms. The number of hydrogen-bond donors (Lipinski definition) is 0. The van der Waals surface area contributed by atoms with Gasteiger partial charge in [0.15, 0.2) is 0 Å². The molecule has 1 nitrogen and oxygen atoms in total. The maximum absolute atomic E-state index is 2.43.